The Hall–Kier alpha value is -1.22. The molecule has 0 heterocycles. The summed E-state index contributed by atoms with van der Waals surface area (Å²) in [5.41, 5.74) is 1.66. The number of benzene rings is 1. The molecule has 3 heteroatoms. The molecule has 3 nitrogen and oxygen atoms in total. The summed E-state index contributed by atoms with van der Waals surface area (Å²) >= 11 is 0. The van der Waals surface area contributed by atoms with Crippen molar-refractivity contribution in [3.63, 3.8) is 0 Å². The Labute approximate surface area is 129 Å². The van der Waals surface area contributed by atoms with E-state index >= 15 is 0 Å². The summed E-state index contributed by atoms with van der Waals surface area (Å²) in [7, 11) is 4.11. The van der Waals surface area contributed by atoms with Crippen LogP contribution in [0.25, 0.3) is 0 Å². The van der Waals surface area contributed by atoms with Crippen LogP contribution < -0.4 is 10.1 Å². The average Bonchev–Trinajstić information content (AvgIpc) is 2.64. The molecular formula is C18H30N2O. The standard InChI is InChI=1S/C18H30N2O/c1-14-12-18(2,3)13-17(14)19-15-6-8-16(9-7-15)21-11-10-20(4)5/h6-9,14,17,19H,10-13H2,1-5H3. The van der Waals surface area contributed by atoms with Crippen molar-refractivity contribution >= 4 is 5.69 Å². The minimum absolute atomic E-state index is 0.465. The van der Waals surface area contributed by atoms with Crippen LogP contribution in [0.4, 0.5) is 5.69 Å². The van der Waals surface area contributed by atoms with Crippen molar-refractivity contribution in [1.82, 2.24) is 4.90 Å². The molecule has 1 aromatic rings. The predicted octanol–water partition coefficient (Wildman–Crippen LogP) is 3.86. The first-order chi connectivity index (χ1) is 9.85. The highest BCUT2D eigenvalue weighted by molar-refractivity contribution is 5.47. The lowest BCUT2D eigenvalue weighted by Crippen LogP contribution is -2.22. The molecule has 1 aliphatic rings. The third kappa shape index (κ3) is 4.92. The Morgan fingerprint density at radius 1 is 1.19 bits per heavy atom. The Morgan fingerprint density at radius 3 is 2.38 bits per heavy atom. The van der Waals surface area contributed by atoms with Crippen LogP contribution in [0.3, 0.4) is 0 Å². The monoisotopic (exact) mass is 290 g/mol. The molecule has 1 aliphatic carbocycles. The fourth-order valence-electron chi connectivity index (χ4n) is 3.29. The number of ether oxygens (including phenoxy) is 1. The molecule has 1 fully saturated rings. The van der Waals surface area contributed by atoms with Crippen molar-refractivity contribution in [3.8, 4) is 5.75 Å². The van der Waals surface area contributed by atoms with Crippen molar-refractivity contribution in [1.29, 1.82) is 0 Å². The van der Waals surface area contributed by atoms with Gasteiger partial charge in [0.25, 0.3) is 0 Å². The molecule has 2 atom stereocenters. The number of anilines is 1. The first-order valence-electron chi connectivity index (χ1n) is 8.00. The SMILES string of the molecule is CC1CC(C)(C)CC1Nc1ccc(OCCN(C)C)cc1. The summed E-state index contributed by atoms with van der Waals surface area (Å²) in [4.78, 5) is 2.12. The lowest BCUT2D eigenvalue weighted by Gasteiger charge is -2.20. The minimum atomic E-state index is 0.465. The van der Waals surface area contributed by atoms with E-state index < -0.39 is 0 Å². The fourth-order valence-corrected chi connectivity index (χ4v) is 3.29. The Balaban J connectivity index is 1.85. The molecule has 0 spiro atoms. The highest BCUT2D eigenvalue weighted by Gasteiger charge is 2.36. The molecule has 0 aliphatic heterocycles. The smallest absolute Gasteiger partial charge is 0.119 e. The lowest BCUT2D eigenvalue weighted by atomic mass is 9.91. The molecule has 118 valence electrons. The fraction of sp³-hybridized carbons (Fsp3) is 0.667. The van der Waals surface area contributed by atoms with E-state index in [4.69, 9.17) is 4.74 Å². The van der Waals surface area contributed by atoms with Gasteiger partial charge in [0.05, 0.1) is 0 Å². The van der Waals surface area contributed by atoms with Crippen LogP contribution in [0, 0.1) is 11.3 Å². The molecule has 1 aromatic carbocycles. The van der Waals surface area contributed by atoms with Gasteiger partial charge in [-0.3, -0.25) is 0 Å². The van der Waals surface area contributed by atoms with Crippen molar-refractivity contribution in [3.05, 3.63) is 24.3 Å². The maximum atomic E-state index is 5.73. The Kier molecular flexibility index (Phi) is 5.15. The van der Waals surface area contributed by atoms with E-state index in [0.29, 0.717) is 11.5 Å². The van der Waals surface area contributed by atoms with Crippen molar-refractivity contribution in [2.45, 2.75) is 39.7 Å². The summed E-state index contributed by atoms with van der Waals surface area (Å²) < 4.78 is 5.73. The first-order valence-corrected chi connectivity index (χ1v) is 8.00. The van der Waals surface area contributed by atoms with Crippen LogP contribution in [0.15, 0.2) is 24.3 Å². The van der Waals surface area contributed by atoms with Gasteiger partial charge in [0, 0.05) is 18.3 Å². The zero-order chi connectivity index (χ0) is 15.5. The molecule has 0 amide bonds. The van der Waals surface area contributed by atoms with Crippen molar-refractivity contribution < 1.29 is 4.74 Å². The summed E-state index contributed by atoms with van der Waals surface area (Å²) in [6.45, 7) is 8.76. The number of hydrogen-bond donors (Lipinski definition) is 1. The highest BCUT2D eigenvalue weighted by atomic mass is 16.5. The van der Waals surface area contributed by atoms with Crippen LogP contribution in [-0.2, 0) is 0 Å². The van der Waals surface area contributed by atoms with Gasteiger partial charge in [-0.2, -0.15) is 0 Å². The predicted molar refractivity (Wildman–Crippen MR) is 90.1 cm³/mol. The highest BCUT2D eigenvalue weighted by Crippen LogP contribution is 2.42. The number of rotatable bonds is 6. The van der Waals surface area contributed by atoms with Crippen LogP contribution in [0.2, 0.25) is 0 Å². The third-order valence-electron chi connectivity index (χ3n) is 4.35. The second-order valence-corrected chi connectivity index (χ2v) is 7.48. The lowest BCUT2D eigenvalue weighted by molar-refractivity contribution is 0.261. The van der Waals surface area contributed by atoms with Gasteiger partial charge < -0.3 is 15.0 Å². The van der Waals surface area contributed by atoms with Crippen LogP contribution in [0.1, 0.15) is 33.6 Å². The molecule has 0 radical (unpaired) electrons. The molecule has 0 aromatic heterocycles. The Bertz CT molecular complexity index is 439. The van der Waals surface area contributed by atoms with Gasteiger partial charge in [-0.25, -0.2) is 0 Å². The molecule has 2 rings (SSSR count). The summed E-state index contributed by atoms with van der Waals surface area (Å²) in [6, 6.07) is 8.96. The van der Waals surface area contributed by atoms with Crippen LogP contribution >= 0.6 is 0 Å². The van der Waals surface area contributed by atoms with Crippen LogP contribution in [0.5, 0.6) is 5.75 Å². The van der Waals surface area contributed by atoms with Gasteiger partial charge in [-0.05, 0) is 62.5 Å². The minimum Gasteiger partial charge on any atom is -0.492 e. The van der Waals surface area contributed by atoms with Gasteiger partial charge in [0.15, 0.2) is 0 Å². The number of hydrogen-bond acceptors (Lipinski definition) is 3. The largest absolute Gasteiger partial charge is 0.492 e. The summed E-state index contributed by atoms with van der Waals surface area (Å²) in [5, 5.41) is 3.68. The van der Waals surface area contributed by atoms with E-state index in [0.717, 1.165) is 24.8 Å². The first kappa shape index (κ1) is 16.2. The summed E-state index contributed by atoms with van der Waals surface area (Å²) in [5.74, 6) is 1.68. The second kappa shape index (κ2) is 6.69. The normalized spacial score (nSPS) is 24.3. The maximum Gasteiger partial charge on any atom is 0.119 e. The van der Waals surface area contributed by atoms with Gasteiger partial charge in [-0.1, -0.05) is 20.8 Å². The van der Waals surface area contributed by atoms with Crippen molar-refractivity contribution in [2.24, 2.45) is 11.3 Å². The molecular weight excluding hydrogens is 260 g/mol. The van der Waals surface area contributed by atoms with Gasteiger partial charge in [0.2, 0.25) is 0 Å². The maximum absolute atomic E-state index is 5.73. The quantitative estimate of drug-likeness (QED) is 0.861. The molecule has 21 heavy (non-hydrogen) atoms. The third-order valence-corrected chi connectivity index (χ3v) is 4.35. The molecule has 1 N–H and O–H groups in total. The van der Waals surface area contributed by atoms with Crippen molar-refractivity contribution in [2.75, 3.05) is 32.6 Å². The molecule has 2 unspecified atom stereocenters. The van der Waals surface area contributed by atoms with E-state index in [1.165, 1.54) is 18.5 Å². The van der Waals surface area contributed by atoms with E-state index in [1.54, 1.807) is 0 Å². The van der Waals surface area contributed by atoms with E-state index in [1.807, 2.05) is 0 Å². The zero-order valence-corrected chi connectivity index (χ0v) is 14.1. The topological polar surface area (TPSA) is 24.5 Å². The average molecular weight is 290 g/mol. The van der Waals surface area contributed by atoms with Crippen LogP contribution in [-0.4, -0.2) is 38.2 Å². The van der Waals surface area contributed by atoms with Gasteiger partial charge in [0.1, 0.15) is 12.4 Å². The summed E-state index contributed by atoms with van der Waals surface area (Å²) in [6.07, 6.45) is 2.55. The van der Waals surface area contributed by atoms with E-state index in [2.05, 4.69) is 69.3 Å². The Morgan fingerprint density at radius 2 is 1.86 bits per heavy atom. The molecule has 1 saturated carbocycles. The molecule has 0 saturated heterocycles. The number of nitrogens with one attached hydrogen (secondary N) is 1. The number of likely N-dealkylation sites (N-methyl/N-ethyl adjacent to an activating group) is 1. The second-order valence-electron chi connectivity index (χ2n) is 7.48. The van der Waals surface area contributed by atoms with Gasteiger partial charge in [-0.15, -0.1) is 0 Å². The number of nitrogens with zero attached hydrogens (tertiary/aromatic N) is 1. The van der Waals surface area contributed by atoms with Gasteiger partial charge >= 0.3 is 0 Å². The zero-order valence-electron chi connectivity index (χ0n) is 14.1. The van der Waals surface area contributed by atoms with E-state index in [9.17, 15) is 0 Å². The molecule has 0 bridgehead atoms. The van der Waals surface area contributed by atoms with E-state index in [-0.39, 0.29) is 0 Å².